The number of fused-ring (bicyclic) bond motifs is 4. The molecule has 38 heavy (non-hydrogen) atoms. The Labute approximate surface area is 228 Å². The van der Waals surface area contributed by atoms with Gasteiger partial charge in [-0.25, -0.2) is 0 Å². The molecule has 0 fully saturated rings. The molecule has 0 amide bonds. The quantitative estimate of drug-likeness (QED) is 0.239. The summed E-state index contributed by atoms with van der Waals surface area (Å²) in [5, 5.41) is 2.96. The van der Waals surface area contributed by atoms with Crippen molar-refractivity contribution >= 4 is 51.0 Å². The lowest BCUT2D eigenvalue weighted by atomic mass is 9.93. The molecule has 5 aromatic rings. The number of aryl methyl sites for hydroxylation is 2. The third kappa shape index (κ3) is 4.89. The van der Waals surface area contributed by atoms with Crippen molar-refractivity contribution < 1.29 is 0 Å². The molecular weight excluding hydrogens is 488 g/mol. The predicted molar refractivity (Wildman–Crippen MR) is 160 cm³/mol. The lowest BCUT2D eigenvalue weighted by Crippen LogP contribution is -2.09. The molecule has 190 valence electrons. The van der Waals surface area contributed by atoms with Gasteiger partial charge in [-0.2, -0.15) is 0 Å². The van der Waals surface area contributed by atoms with E-state index in [0.29, 0.717) is 0 Å². The second-order valence-corrected chi connectivity index (χ2v) is 10.5. The maximum Gasteiger partial charge on any atom is 0.0774 e. The Morgan fingerprint density at radius 1 is 0.658 bits per heavy atom. The Balaban J connectivity index is 0.000000152. The van der Waals surface area contributed by atoms with Crippen molar-refractivity contribution in [1.29, 1.82) is 0 Å². The van der Waals surface area contributed by atoms with Crippen LogP contribution in [0, 0.1) is 0 Å². The Morgan fingerprint density at radius 2 is 1.21 bits per heavy atom. The van der Waals surface area contributed by atoms with Crippen LogP contribution in [-0.2, 0) is 25.7 Å². The number of nitrogens with two attached hydrogens (primary N) is 1. The number of hydrogen-bond donors (Lipinski definition) is 1. The minimum Gasteiger partial charge on any atom is -0.398 e. The Kier molecular flexibility index (Phi) is 7.06. The first-order valence-electron chi connectivity index (χ1n) is 13.5. The molecule has 0 saturated carbocycles. The van der Waals surface area contributed by atoms with Crippen molar-refractivity contribution in [2.75, 3.05) is 5.73 Å². The summed E-state index contributed by atoms with van der Waals surface area (Å²) >= 11 is 6.25. The van der Waals surface area contributed by atoms with Crippen LogP contribution >= 0.6 is 11.6 Å². The highest BCUT2D eigenvalue weighted by molar-refractivity contribution is 6.33. The summed E-state index contributed by atoms with van der Waals surface area (Å²) in [4.78, 5) is 14.4. The molecule has 0 unspecified atom stereocenters. The lowest BCUT2D eigenvalue weighted by molar-refractivity contribution is 0.672. The first-order chi connectivity index (χ1) is 18.7. The number of nitrogens with zero attached hydrogens (tertiary/aromatic N) is 3. The summed E-state index contributed by atoms with van der Waals surface area (Å²) < 4.78 is 0. The minimum atomic E-state index is 0.725. The third-order valence-electron chi connectivity index (χ3n) is 7.59. The Morgan fingerprint density at radius 3 is 1.95 bits per heavy atom. The fourth-order valence-corrected chi connectivity index (χ4v) is 5.80. The van der Waals surface area contributed by atoms with Gasteiger partial charge >= 0.3 is 0 Å². The maximum atomic E-state index is 6.25. The van der Waals surface area contributed by atoms with Crippen molar-refractivity contribution in [1.82, 2.24) is 9.97 Å². The van der Waals surface area contributed by atoms with E-state index in [2.05, 4.69) is 18.2 Å². The van der Waals surface area contributed by atoms with Gasteiger partial charge in [0, 0.05) is 44.6 Å². The number of nitrogen functional groups attached to an aromatic ring is 1. The van der Waals surface area contributed by atoms with E-state index in [0.717, 1.165) is 69.4 Å². The summed E-state index contributed by atoms with van der Waals surface area (Å²) in [6.45, 7) is 0. The monoisotopic (exact) mass is 518 g/mol. The van der Waals surface area contributed by atoms with Crippen LogP contribution in [0.15, 0.2) is 77.8 Å². The minimum absolute atomic E-state index is 0.725. The van der Waals surface area contributed by atoms with E-state index < -0.39 is 0 Å². The molecule has 4 nitrogen and oxygen atoms in total. The molecule has 0 atom stereocenters. The van der Waals surface area contributed by atoms with Gasteiger partial charge in [-0.3, -0.25) is 15.0 Å². The van der Waals surface area contributed by atoms with Gasteiger partial charge in [0.05, 0.1) is 16.7 Å². The lowest BCUT2D eigenvalue weighted by Gasteiger charge is -2.18. The largest absolute Gasteiger partial charge is 0.398 e. The molecule has 2 N–H and O–H groups in total. The molecular formula is C33H31ClN4. The van der Waals surface area contributed by atoms with E-state index in [1.54, 1.807) is 0 Å². The average Bonchev–Trinajstić information content (AvgIpc) is 2.96. The number of anilines is 1. The molecule has 5 heteroatoms. The van der Waals surface area contributed by atoms with Crippen molar-refractivity contribution in [2.45, 2.75) is 51.4 Å². The first-order valence-corrected chi connectivity index (χ1v) is 13.9. The van der Waals surface area contributed by atoms with E-state index >= 15 is 0 Å². The van der Waals surface area contributed by atoms with Gasteiger partial charge in [-0.05, 0) is 80.7 Å². The molecule has 2 aromatic heterocycles. The fraction of sp³-hybridized carbons (Fsp3) is 0.242. The van der Waals surface area contributed by atoms with E-state index in [-0.39, 0.29) is 0 Å². The van der Waals surface area contributed by atoms with Crippen LogP contribution < -0.4 is 5.73 Å². The highest BCUT2D eigenvalue weighted by atomic mass is 35.5. The van der Waals surface area contributed by atoms with Gasteiger partial charge in [0.1, 0.15) is 0 Å². The zero-order valence-corrected chi connectivity index (χ0v) is 22.2. The van der Waals surface area contributed by atoms with Crippen LogP contribution in [0.5, 0.6) is 0 Å². The summed E-state index contributed by atoms with van der Waals surface area (Å²) in [7, 11) is 0. The van der Waals surface area contributed by atoms with Gasteiger partial charge < -0.3 is 5.73 Å². The normalized spacial score (nSPS) is 14.7. The number of rotatable bonds is 2. The molecule has 0 bridgehead atoms. The van der Waals surface area contributed by atoms with Crippen LogP contribution in [0.3, 0.4) is 0 Å². The maximum absolute atomic E-state index is 6.25. The molecule has 0 radical (unpaired) electrons. The summed E-state index contributed by atoms with van der Waals surface area (Å²) in [5.74, 6) is 0. The topological polar surface area (TPSA) is 64.2 Å². The van der Waals surface area contributed by atoms with Crippen molar-refractivity contribution in [2.24, 2.45) is 4.99 Å². The smallest absolute Gasteiger partial charge is 0.0774 e. The van der Waals surface area contributed by atoms with E-state index in [9.17, 15) is 0 Å². The SMILES string of the molecule is Clc1ccccc1C=Nc1c2c(nc3ccccc13)CCCC2.Nc1c2c(nc3ccccc13)CCCC2. The predicted octanol–water partition coefficient (Wildman–Crippen LogP) is 8.21. The first kappa shape index (κ1) is 24.6. The summed E-state index contributed by atoms with van der Waals surface area (Å²) in [6, 6.07) is 24.2. The van der Waals surface area contributed by atoms with Crippen molar-refractivity contribution in [3.05, 3.63) is 106 Å². The van der Waals surface area contributed by atoms with Gasteiger partial charge in [0.25, 0.3) is 0 Å². The summed E-state index contributed by atoms with van der Waals surface area (Å²) in [6.07, 6.45) is 11.1. The molecule has 2 aliphatic rings. The molecule has 0 aliphatic heterocycles. The zero-order chi connectivity index (χ0) is 25.9. The van der Waals surface area contributed by atoms with Crippen LogP contribution in [0.1, 0.15) is 53.8 Å². The van der Waals surface area contributed by atoms with Crippen molar-refractivity contribution in [3.8, 4) is 0 Å². The number of aromatic nitrogens is 2. The highest BCUT2D eigenvalue weighted by Gasteiger charge is 2.18. The van der Waals surface area contributed by atoms with Gasteiger partial charge in [-0.1, -0.05) is 66.2 Å². The van der Waals surface area contributed by atoms with Crippen LogP contribution in [0.2, 0.25) is 5.02 Å². The average molecular weight is 519 g/mol. The van der Waals surface area contributed by atoms with Crippen LogP contribution in [0.4, 0.5) is 11.4 Å². The standard InChI is InChI=1S/C20H17ClN2.C13H14N2/c21-17-10-4-1-7-14(17)13-22-20-15-8-2-5-11-18(15)23-19-12-6-3-9-16(19)20;14-13-9-5-1-3-7-11(9)15-12-8-4-2-6-10(12)13/h1-2,4-5,7-8,10-11,13H,3,6,9,12H2;1,3,5,7H,2,4,6,8H2,(H2,14,15). The van der Waals surface area contributed by atoms with Crippen molar-refractivity contribution in [3.63, 3.8) is 0 Å². The molecule has 0 spiro atoms. The number of para-hydroxylation sites is 2. The van der Waals surface area contributed by atoms with Gasteiger partial charge in [0.2, 0.25) is 0 Å². The van der Waals surface area contributed by atoms with E-state index in [1.807, 2.05) is 60.8 Å². The number of aliphatic imine (C=N–C) groups is 1. The zero-order valence-electron chi connectivity index (χ0n) is 21.5. The molecule has 2 heterocycles. The molecule has 7 rings (SSSR count). The second kappa shape index (κ2) is 10.9. The van der Waals surface area contributed by atoms with Gasteiger partial charge in [-0.15, -0.1) is 0 Å². The fourth-order valence-electron chi connectivity index (χ4n) is 5.62. The summed E-state index contributed by atoms with van der Waals surface area (Å²) in [5.41, 5.74) is 16.2. The Hall–Kier alpha value is -3.76. The number of pyridine rings is 2. The van der Waals surface area contributed by atoms with Crippen LogP contribution in [0.25, 0.3) is 21.8 Å². The van der Waals surface area contributed by atoms with Gasteiger partial charge in [0.15, 0.2) is 0 Å². The van der Waals surface area contributed by atoms with Crippen LogP contribution in [-0.4, -0.2) is 16.2 Å². The van der Waals surface area contributed by atoms with E-state index in [4.69, 9.17) is 32.3 Å². The molecule has 2 aliphatic carbocycles. The second-order valence-electron chi connectivity index (χ2n) is 10.1. The number of hydrogen-bond acceptors (Lipinski definition) is 4. The molecule has 3 aromatic carbocycles. The third-order valence-corrected chi connectivity index (χ3v) is 7.93. The van der Waals surface area contributed by atoms with E-state index in [1.165, 1.54) is 48.2 Å². The highest BCUT2D eigenvalue weighted by Crippen LogP contribution is 2.35. The molecule has 0 saturated heterocycles. The Bertz CT molecular complexity index is 1660. The number of halogens is 1. The number of benzene rings is 3.